The van der Waals surface area contributed by atoms with Crippen LogP contribution in [0.25, 0.3) is 22.4 Å². The van der Waals surface area contributed by atoms with Crippen LogP contribution in [0, 0.1) is 0 Å². The number of hydrogen-bond acceptors (Lipinski definition) is 8. The molecule has 5 rings (SSSR count). The molecule has 1 N–H and O–H groups in total. The molecule has 0 aromatic carbocycles. The Labute approximate surface area is 199 Å². The van der Waals surface area contributed by atoms with Gasteiger partial charge in [-0.3, -0.25) is 19.6 Å². The third kappa shape index (κ3) is 4.51. The normalized spacial score (nSPS) is 11.2. The fraction of sp³-hybridized carbons (Fsp3) is 0.167. The minimum atomic E-state index is -0.335. The van der Waals surface area contributed by atoms with Crippen LogP contribution in [0.3, 0.4) is 0 Å². The van der Waals surface area contributed by atoms with Crippen molar-refractivity contribution in [3.8, 4) is 11.4 Å². The van der Waals surface area contributed by atoms with E-state index in [1.54, 1.807) is 30.9 Å². The Hall–Kier alpha value is -4.80. The van der Waals surface area contributed by atoms with Gasteiger partial charge < -0.3 is 9.88 Å². The zero-order valence-corrected chi connectivity index (χ0v) is 19.0. The van der Waals surface area contributed by atoms with Crippen molar-refractivity contribution in [2.75, 3.05) is 5.32 Å². The standard InChI is InChI=1S/C24H21N9O2/c1-15(2)33-11-19(18-10-26-14-28-24(18)33)23(35)16-7-17(9-25-8-16)29-22(34)13-32-12-21(30-31-32)20-5-3-4-6-27-20/h3-12,14-15H,13H2,1-2H3,(H,29,34). The fourth-order valence-corrected chi connectivity index (χ4v) is 3.71. The van der Waals surface area contributed by atoms with Crippen molar-refractivity contribution in [2.45, 2.75) is 26.4 Å². The van der Waals surface area contributed by atoms with Gasteiger partial charge in [0.2, 0.25) is 5.91 Å². The molecule has 0 aliphatic heterocycles. The number of carbonyl (C=O) groups excluding carboxylic acids is 2. The molecule has 35 heavy (non-hydrogen) atoms. The highest BCUT2D eigenvalue weighted by atomic mass is 16.2. The maximum Gasteiger partial charge on any atom is 0.246 e. The highest BCUT2D eigenvalue weighted by Gasteiger charge is 2.20. The molecule has 0 aliphatic rings. The molecule has 0 fully saturated rings. The average molecular weight is 467 g/mol. The summed E-state index contributed by atoms with van der Waals surface area (Å²) < 4.78 is 3.35. The highest BCUT2D eigenvalue weighted by molar-refractivity contribution is 6.16. The summed E-state index contributed by atoms with van der Waals surface area (Å²) in [6.07, 6.45) is 11.1. The predicted molar refractivity (Wildman–Crippen MR) is 127 cm³/mol. The number of carbonyl (C=O) groups is 2. The Morgan fingerprint density at radius 3 is 2.71 bits per heavy atom. The molecule has 11 nitrogen and oxygen atoms in total. The Morgan fingerprint density at radius 2 is 1.91 bits per heavy atom. The quantitative estimate of drug-likeness (QED) is 0.361. The van der Waals surface area contributed by atoms with Crippen molar-refractivity contribution >= 4 is 28.4 Å². The monoisotopic (exact) mass is 467 g/mol. The predicted octanol–water partition coefficient (Wildman–Crippen LogP) is 2.93. The summed E-state index contributed by atoms with van der Waals surface area (Å²) in [5, 5.41) is 11.5. The van der Waals surface area contributed by atoms with Crippen molar-refractivity contribution < 1.29 is 9.59 Å². The smallest absolute Gasteiger partial charge is 0.246 e. The van der Waals surface area contributed by atoms with E-state index in [1.807, 2.05) is 36.6 Å². The molecule has 0 unspecified atom stereocenters. The first-order valence-corrected chi connectivity index (χ1v) is 10.9. The van der Waals surface area contributed by atoms with E-state index in [9.17, 15) is 9.59 Å². The minimum absolute atomic E-state index is 0.0583. The second-order valence-electron chi connectivity index (χ2n) is 8.16. The molecule has 0 spiro atoms. The number of anilines is 1. The van der Waals surface area contributed by atoms with Crippen molar-refractivity contribution in [1.82, 2.24) is 39.5 Å². The maximum atomic E-state index is 13.3. The zero-order chi connectivity index (χ0) is 24.4. The van der Waals surface area contributed by atoms with Gasteiger partial charge >= 0.3 is 0 Å². The minimum Gasteiger partial charge on any atom is -0.329 e. The van der Waals surface area contributed by atoms with Gasteiger partial charge in [-0.25, -0.2) is 14.6 Å². The number of fused-ring (bicyclic) bond motifs is 1. The summed E-state index contributed by atoms with van der Waals surface area (Å²) in [5.41, 5.74) is 3.14. The number of aromatic nitrogens is 8. The Morgan fingerprint density at radius 1 is 1.03 bits per heavy atom. The Kier molecular flexibility index (Phi) is 5.80. The second kappa shape index (κ2) is 9.21. The van der Waals surface area contributed by atoms with Crippen LogP contribution in [0.1, 0.15) is 35.8 Å². The fourth-order valence-electron chi connectivity index (χ4n) is 3.71. The van der Waals surface area contributed by atoms with E-state index in [-0.39, 0.29) is 24.3 Å². The van der Waals surface area contributed by atoms with Gasteiger partial charge in [0.15, 0.2) is 5.78 Å². The van der Waals surface area contributed by atoms with Gasteiger partial charge in [-0.05, 0) is 32.0 Å². The topological polar surface area (TPSA) is 133 Å². The van der Waals surface area contributed by atoms with Crippen LogP contribution in [-0.2, 0) is 11.3 Å². The van der Waals surface area contributed by atoms with Gasteiger partial charge in [0, 0.05) is 41.8 Å². The summed E-state index contributed by atoms with van der Waals surface area (Å²) in [5.74, 6) is -0.567. The number of rotatable bonds is 7. The Balaban J connectivity index is 1.33. The van der Waals surface area contributed by atoms with E-state index < -0.39 is 0 Å². The first-order valence-electron chi connectivity index (χ1n) is 10.9. The SMILES string of the molecule is CC(C)n1cc(C(=O)c2cncc(NC(=O)Cn3cc(-c4ccccn4)nn3)c2)c2cncnc21. The summed E-state index contributed by atoms with van der Waals surface area (Å²) in [6, 6.07) is 7.18. The zero-order valence-electron chi connectivity index (χ0n) is 19.0. The lowest BCUT2D eigenvalue weighted by atomic mass is 10.1. The summed E-state index contributed by atoms with van der Waals surface area (Å²) >= 11 is 0. The van der Waals surface area contributed by atoms with Crippen LogP contribution in [0.2, 0.25) is 0 Å². The lowest BCUT2D eigenvalue weighted by molar-refractivity contribution is -0.116. The van der Waals surface area contributed by atoms with Crippen LogP contribution < -0.4 is 5.32 Å². The van der Waals surface area contributed by atoms with E-state index in [0.29, 0.717) is 39.2 Å². The summed E-state index contributed by atoms with van der Waals surface area (Å²) in [7, 11) is 0. The number of nitrogens with zero attached hydrogens (tertiary/aromatic N) is 8. The Bertz CT molecular complexity index is 1520. The third-order valence-corrected chi connectivity index (χ3v) is 5.35. The first kappa shape index (κ1) is 22.0. The van der Waals surface area contributed by atoms with Crippen molar-refractivity contribution in [2.24, 2.45) is 0 Å². The molecule has 0 atom stereocenters. The maximum absolute atomic E-state index is 13.3. The van der Waals surface area contributed by atoms with E-state index >= 15 is 0 Å². The molecule has 5 aromatic heterocycles. The van der Waals surface area contributed by atoms with Gasteiger partial charge in [0.25, 0.3) is 0 Å². The van der Waals surface area contributed by atoms with Crippen LogP contribution in [0.5, 0.6) is 0 Å². The van der Waals surface area contributed by atoms with E-state index in [0.717, 1.165) is 0 Å². The molecule has 0 saturated carbocycles. The van der Waals surface area contributed by atoms with Gasteiger partial charge in [0.1, 0.15) is 24.2 Å². The molecule has 0 saturated heterocycles. The van der Waals surface area contributed by atoms with Crippen molar-refractivity contribution in [1.29, 1.82) is 0 Å². The summed E-state index contributed by atoms with van der Waals surface area (Å²) in [4.78, 5) is 42.7. The molecule has 1 amide bonds. The van der Waals surface area contributed by atoms with Crippen LogP contribution >= 0.6 is 0 Å². The third-order valence-electron chi connectivity index (χ3n) is 5.35. The lowest BCUT2D eigenvalue weighted by Crippen LogP contribution is -2.19. The lowest BCUT2D eigenvalue weighted by Gasteiger charge is -2.07. The molecule has 0 bridgehead atoms. The van der Waals surface area contributed by atoms with Gasteiger partial charge in [0.05, 0.1) is 29.3 Å². The molecular weight excluding hydrogens is 446 g/mol. The number of ketones is 1. The van der Waals surface area contributed by atoms with E-state index in [1.165, 1.54) is 23.4 Å². The molecule has 5 aromatic rings. The largest absolute Gasteiger partial charge is 0.329 e. The molecule has 5 heterocycles. The van der Waals surface area contributed by atoms with Crippen molar-refractivity contribution in [3.63, 3.8) is 0 Å². The van der Waals surface area contributed by atoms with E-state index in [2.05, 4.69) is 35.6 Å². The summed E-state index contributed by atoms with van der Waals surface area (Å²) in [6.45, 7) is 3.97. The van der Waals surface area contributed by atoms with Gasteiger partial charge in [-0.2, -0.15) is 0 Å². The number of amides is 1. The first-order chi connectivity index (χ1) is 17.0. The molecular formula is C24H21N9O2. The average Bonchev–Trinajstić information content (AvgIpc) is 3.49. The number of pyridine rings is 2. The number of nitrogens with one attached hydrogen (secondary N) is 1. The molecule has 0 radical (unpaired) electrons. The van der Waals surface area contributed by atoms with Gasteiger partial charge in [-0.15, -0.1) is 5.10 Å². The van der Waals surface area contributed by atoms with Crippen LogP contribution in [0.4, 0.5) is 5.69 Å². The van der Waals surface area contributed by atoms with Gasteiger partial charge in [-0.1, -0.05) is 11.3 Å². The van der Waals surface area contributed by atoms with E-state index in [4.69, 9.17) is 0 Å². The number of hydrogen-bond donors (Lipinski definition) is 1. The molecule has 11 heteroatoms. The van der Waals surface area contributed by atoms with Crippen molar-refractivity contribution in [3.05, 3.63) is 78.9 Å². The highest BCUT2D eigenvalue weighted by Crippen LogP contribution is 2.25. The van der Waals surface area contributed by atoms with Crippen LogP contribution in [-0.4, -0.2) is 51.2 Å². The molecule has 174 valence electrons. The molecule has 0 aliphatic carbocycles. The van der Waals surface area contributed by atoms with Crippen LogP contribution in [0.15, 0.2) is 67.8 Å². The second-order valence-corrected chi connectivity index (χ2v) is 8.16.